The number of ketones is 1. The third-order valence-electron chi connectivity index (χ3n) is 3.57. The lowest BCUT2D eigenvalue weighted by Gasteiger charge is -2.22. The van der Waals surface area contributed by atoms with Gasteiger partial charge in [0.25, 0.3) is 0 Å². The fourth-order valence-electron chi connectivity index (χ4n) is 2.82. The number of phenols is 2. The standard InChI is InChI=1S/C15H14O4/c1-7-2-8-4-9-5-10(16)6-12(18)14(9)15(19)13(8)11(17)3-7/h2-4,10,16-17,19H,5-6H2,1H3. The Morgan fingerprint density at radius 3 is 2.63 bits per heavy atom. The first-order valence-corrected chi connectivity index (χ1v) is 6.17. The largest absolute Gasteiger partial charge is 0.507 e. The van der Waals surface area contributed by atoms with Gasteiger partial charge in [-0.2, -0.15) is 0 Å². The first kappa shape index (κ1) is 12.0. The quantitative estimate of drug-likeness (QED) is 0.675. The molecule has 0 radical (unpaired) electrons. The van der Waals surface area contributed by atoms with Crippen LogP contribution in [0.5, 0.6) is 11.5 Å². The maximum absolute atomic E-state index is 11.9. The molecule has 1 aliphatic rings. The number of hydrogen-bond acceptors (Lipinski definition) is 4. The molecule has 0 spiro atoms. The van der Waals surface area contributed by atoms with Gasteiger partial charge in [-0.05, 0) is 42.0 Å². The number of hydrogen-bond donors (Lipinski definition) is 3. The first-order chi connectivity index (χ1) is 8.97. The van der Waals surface area contributed by atoms with Crippen LogP contribution in [-0.2, 0) is 6.42 Å². The molecule has 3 N–H and O–H groups in total. The molecule has 3 rings (SSSR count). The molecule has 2 aromatic carbocycles. The SMILES string of the molecule is Cc1cc(O)c2c(O)c3c(cc2c1)CC(O)CC3=O. The minimum Gasteiger partial charge on any atom is -0.507 e. The Kier molecular flexibility index (Phi) is 2.50. The summed E-state index contributed by atoms with van der Waals surface area (Å²) in [6, 6.07) is 5.15. The summed E-state index contributed by atoms with van der Waals surface area (Å²) in [6.45, 7) is 1.84. The molecule has 1 atom stereocenters. The summed E-state index contributed by atoms with van der Waals surface area (Å²) in [6.07, 6.45) is -0.340. The molecule has 0 saturated carbocycles. The van der Waals surface area contributed by atoms with Crippen molar-refractivity contribution in [2.75, 3.05) is 0 Å². The molecule has 1 unspecified atom stereocenters. The Morgan fingerprint density at radius 1 is 1.16 bits per heavy atom. The van der Waals surface area contributed by atoms with Crippen molar-refractivity contribution in [3.05, 3.63) is 34.9 Å². The molecule has 0 aromatic heterocycles. The summed E-state index contributed by atoms with van der Waals surface area (Å²) in [5.41, 5.74) is 1.74. The van der Waals surface area contributed by atoms with Crippen molar-refractivity contribution in [2.24, 2.45) is 0 Å². The third kappa shape index (κ3) is 1.76. The minimum absolute atomic E-state index is 0.0126. The highest BCUT2D eigenvalue weighted by atomic mass is 16.3. The van der Waals surface area contributed by atoms with Crippen LogP contribution in [0.1, 0.15) is 27.9 Å². The number of fused-ring (bicyclic) bond motifs is 2. The molecule has 0 bridgehead atoms. The molecule has 1 aliphatic carbocycles. The van der Waals surface area contributed by atoms with Crippen LogP contribution in [-0.4, -0.2) is 27.2 Å². The molecular formula is C15H14O4. The summed E-state index contributed by atoms with van der Waals surface area (Å²) >= 11 is 0. The van der Waals surface area contributed by atoms with Crippen LogP contribution in [0.2, 0.25) is 0 Å². The van der Waals surface area contributed by atoms with Crippen molar-refractivity contribution in [3.8, 4) is 11.5 Å². The molecule has 2 aromatic rings. The summed E-state index contributed by atoms with van der Waals surface area (Å²) in [7, 11) is 0. The first-order valence-electron chi connectivity index (χ1n) is 6.17. The lowest BCUT2D eigenvalue weighted by Crippen LogP contribution is -2.24. The van der Waals surface area contributed by atoms with Crippen molar-refractivity contribution >= 4 is 16.6 Å². The average molecular weight is 258 g/mol. The predicted molar refractivity (Wildman–Crippen MR) is 70.7 cm³/mol. The highest BCUT2D eigenvalue weighted by molar-refractivity contribution is 6.08. The van der Waals surface area contributed by atoms with Gasteiger partial charge < -0.3 is 15.3 Å². The van der Waals surface area contributed by atoms with E-state index in [9.17, 15) is 20.1 Å². The number of aliphatic hydroxyl groups is 1. The van der Waals surface area contributed by atoms with E-state index in [0.29, 0.717) is 22.8 Å². The minimum atomic E-state index is -0.699. The second-order valence-electron chi connectivity index (χ2n) is 5.13. The summed E-state index contributed by atoms with van der Waals surface area (Å²) in [5, 5.41) is 30.8. The number of carbonyl (C=O) groups excluding carboxylic acids is 1. The molecule has 4 heteroatoms. The van der Waals surface area contributed by atoms with E-state index in [2.05, 4.69) is 0 Å². The van der Waals surface area contributed by atoms with Gasteiger partial charge >= 0.3 is 0 Å². The predicted octanol–water partition coefficient (Wildman–Crippen LogP) is 2.05. The van der Waals surface area contributed by atoms with E-state index in [1.54, 1.807) is 12.1 Å². The van der Waals surface area contributed by atoms with E-state index >= 15 is 0 Å². The summed E-state index contributed by atoms with van der Waals surface area (Å²) in [4.78, 5) is 11.9. The fourth-order valence-corrected chi connectivity index (χ4v) is 2.82. The topological polar surface area (TPSA) is 77.8 Å². The number of Topliss-reactive ketones (excluding diaryl/α,β-unsaturated/α-hetero) is 1. The van der Waals surface area contributed by atoms with E-state index in [-0.39, 0.29) is 29.3 Å². The van der Waals surface area contributed by atoms with Crippen LogP contribution in [0.3, 0.4) is 0 Å². The fraction of sp³-hybridized carbons (Fsp3) is 0.267. The molecule has 0 aliphatic heterocycles. The van der Waals surface area contributed by atoms with Crippen LogP contribution in [0, 0.1) is 6.92 Å². The normalized spacial score (nSPS) is 18.6. The van der Waals surface area contributed by atoms with Gasteiger partial charge in [-0.3, -0.25) is 4.79 Å². The van der Waals surface area contributed by atoms with Gasteiger partial charge in [0.15, 0.2) is 5.78 Å². The van der Waals surface area contributed by atoms with Crippen LogP contribution in [0.15, 0.2) is 18.2 Å². The Balaban J connectivity index is 2.40. The van der Waals surface area contributed by atoms with Crippen LogP contribution < -0.4 is 0 Å². The van der Waals surface area contributed by atoms with Gasteiger partial charge in [0, 0.05) is 6.42 Å². The van der Waals surface area contributed by atoms with Crippen molar-refractivity contribution in [2.45, 2.75) is 25.9 Å². The number of rotatable bonds is 0. The number of carbonyl (C=O) groups is 1. The van der Waals surface area contributed by atoms with Crippen LogP contribution in [0.25, 0.3) is 10.8 Å². The number of aryl methyl sites for hydroxylation is 1. The molecular weight excluding hydrogens is 244 g/mol. The molecule has 19 heavy (non-hydrogen) atoms. The number of benzene rings is 2. The lowest BCUT2D eigenvalue weighted by atomic mass is 9.85. The molecule has 0 fully saturated rings. The number of aromatic hydroxyl groups is 2. The maximum Gasteiger partial charge on any atom is 0.169 e. The van der Waals surface area contributed by atoms with Crippen LogP contribution >= 0.6 is 0 Å². The van der Waals surface area contributed by atoms with Gasteiger partial charge in [-0.1, -0.05) is 6.07 Å². The van der Waals surface area contributed by atoms with Gasteiger partial charge in [0.1, 0.15) is 11.5 Å². The van der Waals surface area contributed by atoms with E-state index < -0.39 is 6.10 Å². The lowest BCUT2D eigenvalue weighted by molar-refractivity contribution is 0.0850. The summed E-state index contributed by atoms with van der Waals surface area (Å²) < 4.78 is 0. The second-order valence-corrected chi connectivity index (χ2v) is 5.13. The Morgan fingerprint density at radius 2 is 1.89 bits per heavy atom. The zero-order valence-corrected chi connectivity index (χ0v) is 10.5. The Labute approximate surface area is 109 Å². The molecule has 4 nitrogen and oxygen atoms in total. The molecule has 98 valence electrons. The van der Waals surface area contributed by atoms with Crippen molar-refractivity contribution in [1.29, 1.82) is 0 Å². The van der Waals surface area contributed by atoms with E-state index in [1.165, 1.54) is 0 Å². The Hall–Kier alpha value is -2.07. The highest BCUT2D eigenvalue weighted by Crippen LogP contribution is 2.40. The van der Waals surface area contributed by atoms with Crippen molar-refractivity contribution in [1.82, 2.24) is 0 Å². The Bertz CT molecular complexity index is 703. The van der Waals surface area contributed by atoms with Gasteiger partial charge in [0.2, 0.25) is 0 Å². The third-order valence-corrected chi connectivity index (χ3v) is 3.57. The van der Waals surface area contributed by atoms with E-state index in [0.717, 1.165) is 5.56 Å². The zero-order valence-electron chi connectivity index (χ0n) is 10.5. The maximum atomic E-state index is 11.9. The van der Waals surface area contributed by atoms with Crippen molar-refractivity contribution < 1.29 is 20.1 Å². The average Bonchev–Trinajstić information content (AvgIpc) is 2.25. The van der Waals surface area contributed by atoms with E-state index in [1.807, 2.05) is 13.0 Å². The molecule has 0 heterocycles. The van der Waals surface area contributed by atoms with Gasteiger partial charge in [-0.15, -0.1) is 0 Å². The number of phenolic OH excluding ortho intramolecular Hbond substituents is 2. The number of aliphatic hydroxyl groups excluding tert-OH is 1. The van der Waals surface area contributed by atoms with E-state index in [4.69, 9.17) is 0 Å². The van der Waals surface area contributed by atoms with Gasteiger partial charge in [0.05, 0.1) is 17.1 Å². The smallest absolute Gasteiger partial charge is 0.169 e. The molecule has 0 amide bonds. The molecule has 0 saturated heterocycles. The zero-order chi connectivity index (χ0) is 13.7. The second kappa shape index (κ2) is 3.96. The van der Waals surface area contributed by atoms with Gasteiger partial charge in [-0.25, -0.2) is 0 Å². The monoisotopic (exact) mass is 258 g/mol. The summed E-state index contributed by atoms with van der Waals surface area (Å²) in [5.74, 6) is -0.496. The van der Waals surface area contributed by atoms with Crippen molar-refractivity contribution in [3.63, 3.8) is 0 Å². The van der Waals surface area contributed by atoms with Crippen LogP contribution in [0.4, 0.5) is 0 Å². The highest BCUT2D eigenvalue weighted by Gasteiger charge is 2.28.